The fourth-order valence-corrected chi connectivity index (χ4v) is 2.73. The number of hydrogen-bond acceptors (Lipinski definition) is 3. The van der Waals surface area contributed by atoms with Gasteiger partial charge >= 0.3 is 0 Å². The van der Waals surface area contributed by atoms with Crippen molar-refractivity contribution < 1.29 is 19.5 Å². The molecule has 21 heavy (non-hydrogen) atoms. The fourth-order valence-electron chi connectivity index (χ4n) is 2.55. The molecule has 0 unspecified atom stereocenters. The standard InChI is InChI=1S/C16H20ClNO3/c17-14-5-6-15(13(12-14)4-7-16(19)20)21-11-10-18-8-2-1-3-9-18/h4-7,12H,1-3,8-11H2,(H,19,20)/b7-4-. The zero-order chi connectivity index (χ0) is 15.1. The second-order valence-corrected chi connectivity index (χ2v) is 5.68. The van der Waals surface area contributed by atoms with E-state index in [0.29, 0.717) is 22.9 Å². The van der Waals surface area contributed by atoms with Gasteiger partial charge in [-0.1, -0.05) is 11.6 Å². The van der Waals surface area contributed by atoms with Gasteiger partial charge in [0.25, 0.3) is 0 Å². The van der Waals surface area contributed by atoms with Crippen molar-refractivity contribution in [3.63, 3.8) is 0 Å². The van der Waals surface area contributed by atoms with Crippen molar-refractivity contribution in [1.29, 1.82) is 0 Å². The Balaban J connectivity index is 1.93. The lowest BCUT2D eigenvalue weighted by atomic mass is 10.1. The third kappa shape index (κ3) is 5.40. The molecular weight excluding hydrogens is 290 g/mol. The lowest BCUT2D eigenvalue weighted by molar-refractivity contribution is -0.904. The Labute approximate surface area is 130 Å². The number of benzene rings is 1. The van der Waals surface area contributed by atoms with Crippen LogP contribution in [0.4, 0.5) is 0 Å². The molecule has 0 aromatic heterocycles. The summed E-state index contributed by atoms with van der Waals surface area (Å²) < 4.78 is 5.78. The highest BCUT2D eigenvalue weighted by atomic mass is 35.5. The average molecular weight is 310 g/mol. The topological polar surface area (TPSA) is 53.8 Å². The van der Waals surface area contributed by atoms with Crippen molar-refractivity contribution in [2.75, 3.05) is 26.2 Å². The van der Waals surface area contributed by atoms with E-state index < -0.39 is 5.97 Å². The lowest BCUT2D eigenvalue weighted by Gasteiger charge is -2.23. The molecule has 0 amide bonds. The molecule has 2 rings (SSSR count). The van der Waals surface area contributed by atoms with E-state index in [9.17, 15) is 9.90 Å². The highest BCUT2D eigenvalue weighted by molar-refractivity contribution is 6.30. The Kier molecular flexibility index (Phi) is 6.08. The van der Waals surface area contributed by atoms with Gasteiger partial charge in [-0.3, -0.25) is 0 Å². The van der Waals surface area contributed by atoms with Crippen molar-refractivity contribution in [3.8, 4) is 5.75 Å². The first-order valence-electron chi connectivity index (χ1n) is 7.30. The first-order chi connectivity index (χ1) is 10.1. The van der Waals surface area contributed by atoms with Gasteiger partial charge in [0.2, 0.25) is 0 Å². The Morgan fingerprint density at radius 3 is 2.81 bits per heavy atom. The number of carbonyl (C=O) groups is 1. The summed E-state index contributed by atoms with van der Waals surface area (Å²) in [7, 11) is 0. The molecule has 0 spiro atoms. The van der Waals surface area contributed by atoms with E-state index in [-0.39, 0.29) is 0 Å². The molecule has 1 aliphatic rings. The third-order valence-electron chi connectivity index (χ3n) is 3.64. The molecule has 1 heterocycles. The molecule has 1 aromatic carbocycles. The van der Waals surface area contributed by atoms with E-state index >= 15 is 0 Å². The van der Waals surface area contributed by atoms with Crippen molar-refractivity contribution in [1.82, 2.24) is 0 Å². The van der Waals surface area contributed by atoms with E-state index in [1.807, 2.05) is 0 Å². The molecule has 1 fully saturated rings. The Bertz CT molecular complexity index is 510. The molecule has 0 atom stereocenters. The van der Waals surface area contributed by atoms with Crippen molar-refractivity contribution in [2.45, 2.75) is 19.3 Å². The molecule has 5 heteroatoms. The number of halogens is 1. The Morgan fingerprint density at radius 1 is 1.33 bits per heavy atom. The molecular formula is C16H20ClNO3. The van der Waals surface area contributed by atoms with E-state index in [0.717, 1.165) is 12.6 Å². The molecule has 0 bridgehead atoms. The van der Waals surface area contributed by atoms with Crippen LogP contribution in [-0.4, -0.2) is 32.2 Å². The highest BCUT2D eigenvalue weighted by Crippen LogP contribution is 2.24. The summed E-state index contributed by atoms with van der Waals surface area (Å²) in [6.07, 6.45) is 6.34. The first kappa shape index (κ1) is 15.9. The number of piperidine rings is 1. The fraction of sp³-hybridized carbons (Fsp3) is 0.438. The van der Waals surface area contributed by atoms with Crippen molar-refractivity contribution >= 4 is 23.6 Å². The maximum absolute atomic E-state index is 10.5. The molecule has 114 valence electrons. The molecule has 1 saturated heterocycles. The number of nitrogens with one attached hydrogen (secondary N) is 1. The van der Waals surface area contributed by atoms with Crippen molar-refractivity contribution in [3.05, 3.63) is 34.9 Å². The highest BCUT2D eigenvalue weighted by Gasteiger charge is 2.13. The van der Waals surface area contributed by atoms with Crippen LogP contribution < -0.4 is 14.7 Å². The van der Waals surface area contributed by atoms with Gasteiger partial charge in [0, 0.05) is 10.6 Å². The Hall–Kier alpha value is -1.52. The minimum Gasteiger partial charge on any atom is -0.545 e. The van der Waals surface area contributed by atoms with Crippen LogP contribution in [0.25, 0.3) is 6.08 Å². The summed E-state index contributed by atoms with van der Waals surface area (Å²) in [4.78, 5) is 12.1. The van der Waals surface area contributed by atoms with E-state index in [4.69, 9.17) is 16.3 Å². The van der Waals surface area contributed by atoms with Crippen LogP contribution in [0.15, 0.2) is 24.3 Å². The third-order valence-corrected chi connectivity index (χ3v) is 3.88. The summed E-state index contributed by atoms with van der Waals surface area (Å²) in [5.41, 5.74) is 0.653. The molecule has 1 N–H and O–H groups in total. The number of carboxylic acid groups (broad SMARTS) is 1. The zero-order valence-corrected chi connectivity index (χ0v) is 12.7. The summed E-state index contributed by atoms with van der Waals surface area (Å²) in [5.74, 6) is -0.591. The monoisotopic (exact) mass is 309 g/mol. The molecule has 0 radical (unpaired) electrons. The van der Waals surface area contributed by atoms with Gasteiger partial charge in [-0.15, -0.1) is 0 Å². The normalized spacial score (nSPS) is 16.2. The van der Waals surface area contributed by atoms with E-state index in [2.05, 4.69) is 0 Å². The predicted octanol–water partition coefficient (Wildman–Crippen LogP) is 0.551. The number of likely N-dealkylation sites (tertiary alicyclic amines) is 1. The van der Waals surface area contributed by atoms with E-state index in [1.54, 1.807) is 23.1 Å². The summed E-state index contributed by atoms with van der Waals surface area (Å²) in [6.45, 7) is 4.00. The van der Waals surface area contributed by atoms with Crippen LogP contribution in [0.5, 0.6) is 5.75 Å². The summed E-state index contributed by atoms with van der Waals surface area (Å²) in [5, 5.41) is 11.1. The predicted molar refractivity (Wildman–Crippen MR) is 80.4 cm³/mol. The molecule has 0 saturated carbocycles. The van der Waals surface area contributed by atoms with Gasteiger partial charge in [-0.25, -0.2) is 0 Å². The number of carboxylic acids is 1. The second-order valence-electron chi connectivity index (χ2n) is 5.24. The van der Waals surface area contributed by atoms with Crippen LogP contribution in [0.3, 0.4) is 0 Å². The summed E-state index contributed by atoms with van der Waals surface area (Å²) >= 11 is 5.93. The van der Waals surface area contributed by atoms with Gasteiger partial charge < -0.3 is 19.5 Å². The molecule has 4 nitrogen and oxygen atoms in total. The number of ether oxygens (including phenoxy) is 1. The maximum atomic E-state index is 10.5. The van der Waals surface area contributed by atoms with Gasteiger partial charge in [0.1, 0.15) is 18.9 Å². The minimum absolute atomic E-state index is 0.544. The number of aliphatic carboxylic acids is 1. The first-order valence-corrected chi connectivity index (χ1v) is 7.68. The van der Waals surface area contributed by atoms with Gasteiger partial charge in [-0.05, 0) is 49.6 Å². The largest absolute Gasteiger partial charge is 0.545 e. The van der Waals surface area contributed by atoms with Crippen LogP contribution >= 0.6 is 11.6 Å². The zero-order valence-electron chi connectivity index (χ0n) is 11.9. The van der Waals surface area contributed by atoms with Crippen LogP contribution in [0.1, 0.15) is 24.8 Å². The second kappa shape index (κ2) is 8.05. The quantitative estimate of drug-likeness (QED) is 0.781. The van der Waals surface area contributed by atoms with E-state index in [1.165, 1.54) is 38.4 Å². The minimum atomic E-state index is -1.24. The van der Waals surface area contributed by atoms with Crippen LogP contribution in [-0.2, 0) is 4.79 Å². The van der Waals surface area contributed by atoms with Gasteiger partial charge in [0.05, 0.1) is 19.1 Å². The van der Waals surface area contributed by atoms with Crippen LogP contribution in [0, 0.1) is 0 Å². The maximum Gasteiger partial charge on any atom is 0.137 e. The number of carbonyl (C=O) groups excluding carboxylic acids is 1. The SMILES string of the molecule is O=C([O-])/C=C\c1cc(Cl)ccc1OCC[NH+]1CCCCC1. The smallest absolute Gasteiger partial charge is 0.137 e. The van der Waals surface area contributed by atoms with Crippen LogP contribution in [0.2, 0.25) is 5.02 Å². The molecule has 1 aromatic rings. The van der Waals surface area contributed by atoms with Crippen molar-refractivity contribution in [2.24, 2.45) is 0 Å². The lowest BCUT2D eigenvalue weighted by Crippen LogP contribution is -3.13. The Morgan fingerprint density at radius 2 is 2.10 bits per heavy atom. The average Bonchev–Trinajstić information content (AvgIpc) is 2.48. The number of quaternary nitrogens is 1. The number of rotatable bonds is 6. The van der Waals surface area contributed by atoms with Gasteiger partial charge in [-0.2, -0.15) is 0 Å². The number of hydrogen-bond donors (Lipinski definition) is 1. The molecule has 1 aliphatic heterocycles. The summed E-state index contributed by atoms with van der Waals surface area (Å²) in [6, 6.07) is 5.19. The van der Waals surface area contributed by atoms with Gasteiger partial charge in [0.15, 0.2) is 0 Å². The molecule has 0 aliphatic carbocycles.